The maximum absolute atomic E-state index is 9.02. The Bertz CT molecular complexity index is 580. The van der Waals surface area contributed by atoms with Gasteiger partial charge in [-0.1, -0.05) is 13.3 Å². The van der Waals surface area contributed by atoms with E-state index < -0.39 is 0 Å². The van der Waals surface area contributed by atoms with Gasteiger partial charge in [-0.15, -0.1) is 11.3 Å². The largest absolute Gasteiger partial charge is 0.449 e. The van der Waals surface area contributed by atoms with Gasteiger partial charge >= 0.3 is 0 Å². The molecule has 2 N–H and O–H groups in total. The molecule has 0 radical (unpaired) electrons. The van der Waals surface area contributed by atoms with Gasteiger partial charge in [0.25, 0.3) is 0 Å². The van der Waals surface area contributed by atoms with E-state index in [1.807, 2.05) is 12.1 Å². The minimum atomic E-state index is 0.566. The molecule has 0 saturated carbocycles. The van der Waals surface area contributed by atoms with Gasteiger partial charge in [0.2, 0.25) is 0 Å². The molecule has 3 nitrogen and oxygen atoms in total. The number of nitrogen functional groups attached to an aromatic ring is 1. The van der Waals surface area contributed by atoms with E-state index in [4.69, 9.17) is 15.4 Å². The number of nitriles is 1. The second-order valence-corrected chi connectivity index (χ2v) is 5.42. The Morgan fingerprint density at radius 2 is 2.29 bits per heavy atom. The normalized spacial score (nSPS) is 10.4. The molecule has 2 aromatic rings. The van der Waals surface area contributed by atoms with E-state index in [0.29, 0.717) is 15.2 Å². The highest BCUT2D eigenvalue weighted by molar-refractivity contribution is 9.10. The molecule has 0 fully saturated rings. The lowest BCUT2D eigenvalue weighted by Crippen LogP contribution is -1.92. The van der Waals surface area contributed by atoms with Gasteiger partial charge in [-0.25, -0.2) is 0 Å². The Balaban J connectivity index is 2.57. The van der Waals surface area contributed by atoms with Gasteiger partial charge in [0.15, 0.2) is 4.67 Å². The zero-order valence-corrected chi connectivity index (χ0v) is 11.7. The third-order valence-electron chi connectivity index (χ3n) is 2.45. The van der Waals surface area contributed by atoms with Gasteiger partial charge in [0.1, 0.15) is 16.7 Å². The van der Waals surface area contributed by atoms with Gasteiger partial charge in [-0.05, 0) is 40.0 Å². The molecule has 0 amide bonds. The number of anilines is 1. The molecule has 0 spiro atoms. The summed E-state index contributed by atoms with van der Waals surface area (Å²) in [7, 11) is 0. The molecule has 5 heteroatoms. The smallest absolute Gasteiger partial charge is 0.169 e. The van der Waals surface area contributed by atoms with Crippen molar-refractivity contribution in [2.75, 3.05) is 5.73 Å². The van der Waals surface area contributed by atoms with Crippen LogP contribution in [0.2, 0.25) is 0 Å². The maximum Gasteiger partial charge on any atom is 0.169 e. The Morgan fingerprint density at radius 3 is 2.82 bits per heavy atom. The lowest BCUT2D eigenvalue weighted by Gasteiger charge is -2.00. The van der Waals surface area contributed by atoms with Crippen molar-refractivity contribution in [2.24, 2.45) is 0 Å². The minimum absolute atomic E-state index is 0.566. The van der Waals surface area contributed by atoms with E-state index in [9.17, 15) is 0 Å². The molecular weight excluding hydrogens is 300 g/mol. The van der Waals surface area contributed by atoms with Crippen LogP contribution >= 0.6 is 27.3 Å². The molecule has 0 bridgehead atoms. The summed E-state index contributed by atoms with van der Waals surface area (Å²) < 4.78 is 6.21. The van der Waals surface area contributed by atoms with Crippen molar-refractivity contribution in [1.82, 2.24) is 0 Å². The fourth-order valence-electron chi connectivity index (χ4n) is 1.69. The van der Waals surface area contributed by atoms with E-state index >= 15 is 0 Å². The lowest BCUT2D eigenvalue weighted by atomic mass is 10.1. The van der Waals surface area contributed by atoms with Crippen LogP contribution in [0.25, 0.3) is 10.6 Å². The zero-order valence-electron chi connectivity index (χ0n) is 9.29. The van der Waals surface area contributed by atoms with Crippen LogP contribution in [0.4, 0.5) is 5.69 Å². The SMILES string of the molecule is CCCc1c(-c2ccc(Br)o2)sc(C#N)c1N. The van der Waals surface area contributed by atoms with Crippen molar-refractivity contribution >= 4 is 33.0 Å². The van der Waals surface area contributed by atoms with Crippen molar-refractivity contribution < 1.29 is 4.42 Å². The topological polar surface area (TPSA) is 63.0 Å². The lowest BCUT2D eigenvalue weighted by molar-refractivity contribution is 0.556. The first-order valence-electron chi connectivity index (χ1n) is 5.24. The molecule has 0 saturated heterocycles. The first-order valence-corrected chi connectivity index (χ1v) is 6.85. The number of thiophene rings is 1. The van der Waals surface area contributed by atoms with Gasteiger partial charge in [-0.2, -0.15) is 5.26 Å². The number of halogens is 1. The van der Waals surface area contributed by atoms with Crippen LogP contribution in [-0.2, 0) is 6.42 Å². The third kappa shape index (κ3) is 2.24. The van der Waals surface area contributed by atoms with Crippen molar-refractivity contribution in [3.63, 3.8) is 0 Å². The van der Waals surface area contributed by atoms with Crippen LogP contribution in [0.15, 0.2) is 21.2 Å². The number of hydrogen-bond acceptors (Lipinski definition) is 4. The molecule has 2 aromatic heterocycles. The average Bonchev–Trinajstić information content (AvgIpc) is 2.85. The van der Waals surface area contributed by atoms with Crippen molar-refractivity contribution in [3.8, 4) is 16.7 Å². The molecule has 0 aliphatic heterocycles. The van der Waals surface area contributed by atoms with Gasteiger partial charge in [0, 0.05) is 0 Å². The molecule has 0 unspecified atom stereocenters. The highest BCUT2D eigenvalue weighted by Crippen LogP contribution is 2.40. The van der Waals surface area contributed by atoms with Crippen LogP contribution < -0.4 is 5.73 Å². The summed E-state index contributed by atoms with van der Waals surface area (Å²) in [5.74, 6) is 0.763. The number of rotatable bonds is 3. The van der Waals surface area contributed by atoms with Gasteiger partial charge < -0.3 is 10.2 Å². The summed E-state index contributed by atoms with van der Waals surface area (Å²) in [6.07, 6.45) is 1.85. The molecule has 0 aliphatic rings. The fourth-order valence-corrected chi connectivity index (χ4v) is 3.03. The number of hydrogen-bond donors (Lipinski definition) is 1. The number of nitrogens with two attached hydrogens (primary N) is 1. The number of nitrogens with zero attached hydrogens (tertiary/aromatic N) is 1. The highest BCUT2D eigenvalue weighted by Gasteiger charge is 2.18. The molecule has 0 aromatic carbocycles. The molecule has 2 rings (SSSR count). The summed E-state index contributed by atoms with van der Waals surface area (Å²) in [4.78, 5) is 1.53. The van der Waals surface area contributed by atoms with Gasteiger partial charge in [0.05, 0.1) is 10.6 Å². The predicted molar refractivity (Wildman–Crippen MR) is 72.8 cm³/mol. The van der Waals surface area contributed by atoms with Crippen LogP contribution in [0, 0.1) is 11.3 Å². The molecular formula is C12H11BrN2OS. The summed E-state index contributed by atoms with van der Waals surface area (Å²) in [5, 5.41) is 9.02. The van der Waals surface area contributed by atoms with Crippen molar-refractivity contribution in [3.05, 3.63) is 27.2 Å². The Kier molecular flexibility index (Phi) is 3.55. The Labute approximate surface area is 112 Å². The Hall–Kier alpha value is -1.25. The zero-order chi connectivity index (χ0) is 12.4. The van der Waals surface area contributed by atoms with E-state index in [0.717, 1.165) is 29.0 Å². The fraction of sp³-hybridized carbons (Fsp3) is 0.250. The number of furan rings is 1. The van der Waals surface area contributed by atoms with Crippen LogP contribution in [0.5, 0.6) is 0 Å². The van der Waals surface area contributed by atoms with Crippen molar-refractivity contribution in [2.45, 2.75) is 19.8 Å². The summed E-state index contributed by atoms with van der Waals surface area (Å²) in [6, 6.07) is 5.86. The summed E-state index contributed by atoms with van der Waals surface area (Å²) in [5.41, 5.74) is 7.60. The minimum Gasteiger partial charge on any atom is -0.449 e. The average molecular weight is 311 g/mol. The Morgan fingerprint density at radius 1 is 1.53 bits per heavy atom. The summed E-state index contributed by atoms with van der Waals surface area (Å²) >= 11 is 4.67. The molecule has 0 atom stereocenters. The highest BCUT2D eigenvalue weighted by atomic mass is 79.9. The van der Waals surface area contributed by atoms with Crippen LogP contribution in [-0.4, -0.2) is 0 Å². The van der Waals surface area contributed by atoms with E-state index in [1.165, 1.54) is 11.3 Å². The molecule has 0 aliphatic carbocycles. The second-order valence-electron chi connectivity index (χ2n) is 3.62. The van der Waals surface area contributed by atoms with Gasteiger partial charge in [-0.3, -0.25) is 0 Å². The van der Waals surface area contributed by atoms with E-state index in [2.05, 4.69) is 28.9 Å². The van der Waals surface area contributed by atoms with Crippen molar-refractivity contribution in [1.29, 1.82) is 5.26 Å². The monoisotopic (exact) mass is 310 g/mol. The molecule has 17 heavy (non-hydrogen) atoms. The first kappa shape index (κ1) is 12.2. The van der Waals surface area contributed by atoms with Crippen LogP contribution in [0.3, 0.4) is 0 Å². The predicted octanol–water partition coefficient (Wildman–Crippen LogP) is 4.18. The first-order chi connectivity index (χ1) is 8.17. The van der Waals surface area contributed by atoms with E-state index in [-0.39, 0.29) is 0 Å². The summed E-state index contributed by atoms with van der Waals surface area (Å²) in [6.45, 7) is 2.09. The molecule has 88 valence electrons. The standard InChI is InChI=1S/C12H11BrN2OS/c1-2-3-7-11(15)9(6-14)17-12(7)8-4-5-10(13)16-8/h4-5H,2-3,15H2,1H3. The van der Waals surface area contributed by atoms with E-state index in [1.54, 1.807) is 0 Å². The van der Waals surface area contributed by atoms with Crippen LogP contribution in [0.1, 0.15) is 23.8 Å². The third-order valence-corrected chi connectivity index (χ3v) is 4.04. The second kappa shape index (κ2) is 4.94. The molecule has 2 heterocycles. The quantitative estimate of drug-likeness (QED) is 0.925. The maximum atomic E-state index is 9.02.